The number of nitrogens with two attached hydrogens (primary N) is 1. The zero-order valence-corrected chi connectivity index (χ0v) is 12.1. The molecule has 0 aromatic carbocycles. The van der Waals surface area contributed by atoms with E-state index in [9.17, 15) is 8.42 Å². The Hall–Kier alpha value is -0.640. The molecule has 0 saturated carbocycles. The maximum atomic E-state index is 11.9. The fraction of sp³-hybridized carbons (Fsp3) is 0.375. The molecule has 1 aromatic heterocycles. The lowest BCUT2D eigenvalue weighted by Gasteiger charge is -2.10. The van der Waals surface area contributed by atoms with Crippen LogP contribution in [0.2, 0.25) is 0 Å². The highest BCUT2D eigenvalue weighted by Gasteiger charge is 2.20. The van der Waals surface area contributed by atoms with Crippen LogP contribution in [0, 0.1) is 5.92 Å². The number of hydrogen-bond donors (Lipinski definition) is 3. The summed E-state index contributed by atoms with van der Waals surface area (Å²) in [6, 6.07) is 1.66. The summed E-state index contributed by atoms with van der Waals surface area (Å²) in [7, 11) is -3.55. The number of sulfonamides is 1. The van der Waals surface area contributed by atoms with Crippen molar-refractivity contribution in [1.29, 1.82) is 0 Å². The Morgan fingerprint density at radius 1 is 1.76 bits per heavy atom. The van der Waals surface area contributed by atoms with E-state index < -0.39 is 10.0 Å². The minimum Gasteiger partial charge on any atom is -0.409 e. The van der Waals surface area contributed by atoms with Gasteiger partial charge in [0.15, 0.2) is 0 Å². The van der Waals surface area contributed by atoms with Gasteiger partial charge in [0.2, 0.25) is 0 Å². The van der Waals surface area contributed by atoms with Gasteiger partial charge in [0, 0.05) is 16.9 Å². The molecule has 1 rings (SSSR count). The first-order chi connectivity index (χ1) is 7.88. The van der Waals surface area contributed by atoms with E-state index in [1.165, 1.54) is 0 Å². The van der Waals surface area contributed by atoms with Crippen LogP contribution >= 0.6 is 27.3 Å². The molecular formula is C8H12BrN3O3S2. The normalized spacial score (nSPS) is 14.8. The molecule has 4 N–H and O–H groups in total. The number of halogens is 1. The maximum absolute atomic E-state index is 11.9. The zero-order valence-electron chi connectivity index (χ0n) is 8.92. The lowest BCUT2D eigenvalue weighted by molar-refractivity contribution is 0.314. The summed E-state index contributed by atoms with van der Waals surface area (Å²) in [4.78, 5) is 0. The third-order valence-electron chi connectivity index (χ3n) is 2.03. The molecular weight excluding hydrogens is 330 g/mol. The van der Waals surface area contributed by atoms with Crippen LogP contribution in [0.15, 0.2) is 25.3 Å². The molecule has 0 bridgehead atoms. The van der Waals surface area contributed by atoms with Crippen LogP contribution in [-0.2, 0) is 10.0 Å². The predicted molar refractivity (Wildman–Crippen MR) is 69.8 cm³/mol. The van der Waals surface area contributed by atoms with Crippen LogP contribution in [0.25, 0.3) is 0 Å². The molecule has 17 heavy (non-hydrogen) atoms. The molecule has 0 saturated heterocycles. The third-order valence-corrected chi connectivity index (χ3v) is 6.12. The Morgan fingerprint density at radius 3 is 2.88 bits per heavy atom. The molecule has 6 nitrogen and oxygen atoms in total. The van der Waals surface area contributed by atoms with E-state index in [0.717, 1.165) is 11.3 Å². The fourth-order valence-electron chi connectivity index (χ4n) is 0.975. The van der Waals surface area contributed by atoms with E-state index in [1.54, 1.807) is 18.4 Å². The van der Waals surface area contributed by atoms with Crippen LogP contribution in [0.3, 0.4) is 0 Å². The molecule has 1 heterocycles. The van der Waals surface area contributed by atoms with Crippen LogP contribution in [0.1, 0.15) is 6.92 Å². The highest BCUT2D eigenvalue weighted by atomic mass is 79.9. The second-order valence-corrected chi connectivity index (χ2v) is 7.07. The molecule has 9 heteroatoms. The predicted octanol–water partition coefficient (Wildman–Crippen LogP) is 1.17. The van der Waals surface area contributed by atoms with Crippen molar-refractivity contribution in [1.82, 2.24) is 4.72 Å². The van der Waals surface area contributed by atoms with E-state index in [2.05, 4.69) is 25.8 Å². The molecule has 0 aliphatic rings. The summed E-state index contributed by atoms with van der Waals surface area (Å²) in [6.45, 7) is 1.73. The maximum Gasteiger partial charge on any atom is 0.251 e. The number of hydrogen-bond acceptors (Lipinski definition) is 5. The summed E-state index contributed by atoms with van der Waals surface area (Å²) >= 11 is 4.27. The first-order valence-electron chi connectivity index (χ1n) is 4.58. The van der Waals surface area contributed by atoms with Crippen LogP contribution in [0.5, 0.6) is 0 Å². The van der Waals surface area contributed by atoms with Gasteiger partial charge in [0.25, 0.3) is 10.0 Å². The first kappa shape index (κ1) is 14.4. The quantitative estimate of drug-likeness (QED) is 0.323. The molecule has 1 atom stereocenters. The van der Waals surface area contributed by atoms with Gasteiger partial charge >= 0.3 is 0 Å². The molecule has 1 aromatic rings. The van der Waals surface area contributed by atoms with Crippen molar-refractivity contribution in [3.8, 4) is 0 Å². The Kier molecular flexibility index (Phi) is 4.92. The number of thiophene rings is 1. The van der Waals surface area contributed by atoms with Gasteiger partial charge in [0.05, 0.1) is 0 Å². The molecule has 0 aliphatic heterocycles. The second-order valence-electron chi connectivity index (χ2n) is 3.33. The number of rotatable bonds is 5. The standard InChI is InChI=1S/C8H12BrN3O3S2/c1-5(7(10)12-13)4-11-17(14,15)8-6(9)2-3-16-8/h2-3,5,11,13H,4H2,1H3,(H2,10,12). The molecule has 1 unspecified atom stereocenters. The monoisotopic (exact) mass is 341 g/mol. The van der Waals surface area contributed by atoms with Gasteiger partial charge in [-0.05, 0) is 27.4 Å². The largest absolute Gasteiger partial charge is 0.409 e. The number of oxime groups is 1. The summed E-state index contributed by atoms with van der Waals surface area (Å²) in [5.41, 5.74) is 5.35. The van der Waals surface area contributed by atoms with Gasteiger partial charge in [-0.3, -0.25) is 0 Å². The zero-order chi connectivity index (χ0) is 13.1. The van der Waals surface area contributed by atoms with Crippen molar-refractivity contribution in [2.45, 2.75) is 11.1 Å². The van der Waals surface area contributed by atoms with E-state index >= 15 is 0 Å². The number of nitrogens with one attached hydrogen (secondary N) is 1. The van der Waals surface area contributed by atoms with Crippen LogP contribution in [0.4, 0.5) is 0 Å². The Labute approximate surface area is 112 Å². The van der Waals surface area contributed by atoms with E-state index in [1.807, 2.05) is 0 Å². The van der Waals surface area contributed by atoms with Crippen molar-refractivity contribution in [3.05, 3.63) is 15.9 Å². The summed E-state index contributed by atoms with van der Waals surface area (Å²) in [5.74, 6) is -0.397. The topological polar surface area (TPSA) is 105 Å². The van der Waals surface area contributed by atoms with Crippen molar-refractivity contribution >= 4 is 43.1 Å². The smallest absolute Gasteiger partial charge is 0.251 e. The lowest BCUT2D eigenvalue weighted by atomic mass is 10.2. The minimum absolute atomic E-state index is 0.0158. The summed E-state index contributed by atoms with van der Waals surface area (Å²) in [5, 5.41) is 12.9. The average molecular weight is 342 g/mol. The van der Waals surface area contributed by atoms with Gasteiger partial charge in [-0.1, -0.05) is 12.1 Å². The Bertz CT molecular complexity index is 512. The molecule has 0 aliphatic carbocycles. The summed E-state index contributed by atoms with van der Waals surface area (Å²) < 4.78 is 26.8. The van der Waals surface area contributed by atoms with Gasteiger partial charge in [-0.2, -0.15) is 0 Å². The highest BCUT2D eigenvalue weighted by molar-refractivity contribution is 9.10. The Morgan fingerprint density at radius 2 is 2.41 bits per heavy atom. The van der Waals surface area contributed by atoms with Gasteiger partial charge in [-0.15, -0.1) is 11.3 Å². The van der Waals surface area contributed by atoms with Crippen molar-refractivity contribution in [3.63, 3.8) is 0 Å². The lowest BCUT2D eigenvalue weighted by Crippen LogP contribution is -2.34. The van der Waals surface area contributed by atoms with Gasteiger partial charge in [-0.25, -0.2) is 13.1 Å². The SMILES string of the molecule is CC(CNS(=O)(=O)c1sccc1Br)C(N)=NO. The summed E-state index contributed by atoms with van der Waals surface area (Å²) in [6.07, 6.45) is 0. The average Bonchev–Trinajstić information content (AvgIpc) is 2.72. The van der Waals surface area contributed by atoms with Crippen molar-refractivity contribution in [2.75, 3.05) is 6.54 Å². The van der Waals surface area contributed by atoms with Crippen molar-refractivity contribution < 1.29 is 13.6 Å². The molecule has 0 radical (unpaired) electrons. The number of nitrogens with zero attached hydrogens (tertiary/aromatic N) is 1. The van der Waals surface area contributed by atoms with E-state index in [-0.39, 0.29) is 22.5 Å². The molecule has 96 valence electrons. The van der Waals surface area contributed by atoms with Gasteiger partial charge < -0.3 is 10.9 Å². The van der Waals surface area contributed by atoms with Crippen molar-refractivity contribution in [2.24, 2.45) is 16.8 Å². The third kappa shape index (κ3) is 3.66. The fourth-order valence-corrected chi connectivity index (χ4v) is 4.49. The molecule has 0 amide bonds. The number of amidine groups is 1. The van der Waals surface area contributed by atoms with E-state index in [4.69, 9.17) is 10.9 Å². The molecule has 0 fully saturated rings. The van der Waals surface area contributed by atoms with Crippen LogP contribution < -0.4 is 10.5 Å². The highest BCUT2D eigenvalue weighted by Crippen LogP contribution is 2.27. The first-order valence-corrected chi connectivity index (χ1v) is 7.74. The Balaban J connectivity index is 2.73. The minimum atomic E-state index is -3.55. The van der Waals surface area contributed by atoms with Crippen LogP contribution in [-0.4, -0.2) is 26.0 Å². The molecule has 0 spiro atoms. The second kappa shape index (κ2) is 5.80. The van der Waals surface area contributed by atoms with Gasteiger partial charge in [0.1, 0.15) is 10.0 Å². The van der Waals surface area contributed by atoms with E-state index in [0.29, 0.717) is 4.47 Å².